The molecule has 1 aromatic carbocycles. The lowest BCUT2D eigenvalue weighted by Crippen LogP contribution is -2.54. The number of nitrogens with zero attached hydrogens (tertiary/aromatic N) is 1. The monoisotopic (exact) mass is 328 g/mol. The van der Waals surface area contributed by atoms with Crippen LogP contribution in [0.15, 0.2) is 29.2 Å². The molecule has 1 aromatic rings. The van der Waals surface area contributed by atoms with Gasteiger partial charge in [0.25, 0.3) is 0 Å². The molecule has 0 bridgehead atoms. The fraction of sp³-hybridized carbons (Fsp3) is 0.500. The number of nitrogens with one attached hydrogen (secondary N) is 1. The van der Waals surface area contributed by atoms with Crippen molar-refractivity contribution in [3.8, 4) is 0 Å². The standard InChI is InChI=1S/C14H17ClN2O3S/c15-11-2-4-12(5-3-11)21(19,20)17-8-7-13-10(9-17)1-6-14(18)16-13/h2-5,10,13H,1,6-9H2,(H,16,18). The van der Waals surface area contributed by atoms with Gasteiger partial charge in [-0.2, -0.15) is 4.31 Å². The number of rotatable bonds is 2. The van der Waals surface area contributed by atoms with Gasteiger partial charge < -0.3 is 5.32 Å². The Bertz CT molecular complexity index is 645. The summed E-state index contributed by atoms with van der Waals surface area (Å²) >= 11 is 5.80. The van der Waals surface area contributed by atoms with Gasteiger partial charge in [0, 0.05) is 30.6 Å². The average Bonchev–Trinajstić information content (AvgIpc) is 2.47. The average molecular weight is 329 g/mol. The maximum atomic E-state index is 12.6. The summed E-state index contributed by atoms with van der Waals surface area (Å²) in [5.41, 5.74) is 0. The summed E-state index contributed by atoms with van der Waals surface area (Å²) < 4.78 is 26.8. The number of carbonyl (C=O) groups is 1. The summed E-state index contributed by atoms with van der Waals surface area (Å²) in [6, 6.07) is 6.35. The Kier molecular flexibility index (Phi) is 3.94. The maximum Gasteiger partial charge on any atom is 0.243 e. The van der Waals surface area contributed by atoms with Crippen LogP contribution < -0.4 is 5.32 Å². The second kappa shape index (κ2) is 5.59. The van der Waals surface area contributed by atoms with Crippen molar-refractivity contribution in [3.05, 3.63) is 29.3 Å². The number of carbonyl (C=O) groups excluding carboxylic acids is 1. The molecule has 2 aliphatic heterocycles. The molecule has 5 nitrogen and oxygen atoms in total. The van der Waals surface area contributed by atoms with Crippen molar-refractivity contribution in [1.29, 1.82) is 0 Å². The molecule has 7 heteroatoms. The van der Waals surface area contributed by atoms with E-state index in [9.17, 15) is 13.2 Å². The smallest absolute Gasteiger partial charge is 0.243 e. The van der Waals surface area contributed by atoms with Gasteiger partial charge in [-0.15, -0.1) is 0 Å². The lowest BCUT2D eigenvalue weighted by atomic mass is 9.86. The van der Waals surface area contributed by atoms with Gasteiger partial charge in [-0.05, 0) is 43.0 Å². The van der Waals surface area contributed by atoms with Crippen LogP contribution in [0.5, 0.6) is 0 Å². The van der Waals surface area contributed by atoms with Crippen molar-refractivity contribution in [2.75, 3.05) is 13.1 Å². The van der Waals surface area contributed by atoms with Crippen LogP contribution in [0.25, 0.3) is 0 Å². The molecule has 0 aromatic heterocycles. The summed E-state index contributed by atoms with van der Waals surface area (Å²) in [6.45, 7) is 0.905. The quantitative estimate of drug-likeness (QED) is 0.897. The van der Waals surface area contributed by atoms with Crippen molar-refractivity contribution in [2.45, 2.75) is 30.2 Å². The molecule has 2 fully saturated rings. The number of piperidine rings is 2. The summed E-state index contributed by atoms with van der Waals surface area (Å²) in [6.07, 6.45) is 1.91. The minimum absolute atomic E-state index is 0.0743. The first-order chi connectivity index (χ1) is 9.96. The fourth-order valence-electron chi connectivity index (χ4n) is 3.05. The van der Waals surface area contributed by atoms with Crippen molar-refractivity contribution in [1.82, 2.24) is 9.62 Å². The predicted molar refractivity (Wildman–Crippen MR) is 79.5 cm³/mol. The van der Waals surface area contributed by atoms with E-state index in [1.54, 1.807) is 12.1 Å². The summed E-state index contributed by atoms with van der Waals surface area (Å²) in [5, 5.41) is 3.48. The lowest BCUT2D eigenvalue weighted by molar-refractivity contribution is -0.124. The molecule has 2 aliphatic rings. The molecule has 2 unspecified atom stereocenters. The lowest BCUT2D eigenvalue weighted by Gasteiger charge is -2.40. The molecule has 0 radical (unpaired) electrons. The Balaban J connectivity index is 1.78. The van der Waals surface area contributed by atoms with Gasteiger partial charge in [0.2, 0.25) is 15.9 Å². The van der Waals surface area contributed by atoms with Gasteiger partial charge in [0.1, 0.15) is 0 Å². The molecule has 21 heavy (non-hydrogen) atoms. The minimum atomic E-state index is -3.48. The number of hydrogen-bond acceptors (Lipinski definition) is 3. The first-order valence-electron chi connectivity index (χ1n) is 7.02. The summed E-state index contributed by atoms with van der Waals surface area (Å²) in [4.78, 5) is 11.7. The van der Waals surface area contributed by atoms with E-state index in [1.807, 2.05) is 0 Å². The van der Waals surface area contributed by atoms with Gasteiger partial charge in [-0.3, -0.25) is 4.79 Å². The highest BCUT2D eigenvalue weighted by atomic mass is 35.5. The fourth-order valence-corrected chi connectivity index (χ4v) is 4.69. The molecule has 0 saturated carbocycles. The molecule has 114 valence electrons. The molecule has 3 rings (SSSR count). The normalized spacial score (nSPS) is 27.0. The van der Waals surface area contributed by atoms with Gasteiger partial charge in [-0.1, -0.05) is 11.6 Å². The Hall–Kier alpha value is -1.11. The van der Waals surface area contributed by atoms with Crippen LogP contribution in [-0.4, -0.2) is 37.8 Å². The van der Waals surface area contributed by atoms with Gasteiger partial charge >= 0.3 is 0 Å². The van der Waals surface area contributed by atoms with Crippen LogP contribution in [0.3, 0.4) is 0 Å². The zero-order valence-corrected chi connectivity index (χ0v) is 13.0. The molecule has 2 heterocycles. The Morgan fingerprint density at radius 3 is 2.62 bits per heavy atom. The number of fused-ring (bicyclic) bond motifs is 1. The van der Waals surface area contributed by atoms with Crippen molar-refractivity contribution < 1.29 is 13.2 Å². The van der Waals surface area contributed by atoms with Gasteiger partial charge in [0.05, 0.1) is 4.90 Å². The van der Waals surface area contributed by atoms with Crippen LogP contribution in [-0.2, 0) is 14.8 Å². The van der Waals surface area contributed by atoms with Gasteiger partial charge in [-0.25, -0.2) is 8.42 Å². The Morgan fingerprint density at radius 1 is 1.19 bits per heavy atom. The summed E-state index contributed by atoms with van der Waals surface area (Å²) in [5.74, 6) is 0.281. The molecule has 0 spiro atoms. The first-order valence-corrected chi connectivity index (χ1v) is 8.84. The topological polar surface area (TPSA) is 66.5 Å². The minimum Gasteiger partial charge on any atom is -0.353 e. The van der Waals surface area contributed by atoms with Crippen LogP contribution in [0.1, 0.15) is 19.3 Å². The zero-order chi connectivity index (χ0) is 15.0. The molecule has 1 amide bonds. The Morgan fingerprint density at radius 2 is 1.90 bits per heavy atom. The van der Waals surface area contributed by atoms with E-state index in [0.29, 0.717) is 31.0 Å². The van der Waals surface area contributed by atoms with Crippen molar-refractivity contribution in [3.63, 3.8) is 0 Å². The van der Waals surface area contributed by atoms with E-state index >= 15 is 0 Å². The van der Waals surface area contributed by atoms with E-state index in [4.69, 9.17) is 11.6 Å². The predicted octanol–water partition coefficient (Wildman–Crippen LogP) is 1.63. The number of sulfonamides is 1. The number of benzene rings is 1. The highest BCUT2D eigenvalue weighted by Gasteiger charge is 2.38. The molecule has 1 N–H and O–H groups in total. The zero-order valence-electron chi connectivity index (χ0n) is 11.5. The number of hydrogen-bond donors (Lipinski definition) is 1. The van der Waals surface area contributed by atoms with Gasteiger partial charge in [0.15, 0.2) is 0 Å². The maximum absolute atomic E-state index is 12.6. The summed E-state index contributed by atoms with van der Waals surface area (Å²) in [7, 11) is -3.48. The third-order valence-corrected chi connectivity index (χ3v) is 6.37. The number of halogens is 1. The molecular formula is C14H17ClN2O3S. The van der Waals surface area contributed by atoms with E-state index in [-0.39, 0.29) is 22.8 Å². The van der Waals surface area contributed by atoms with Crippen LogP contribution in [0, 0.1) is 5.92 Å². The molecule has 2 saturated heterocycles. The van der Waals surface area contributed by atoms with E-state index < -0.39 is 10.0 Å². The van der Waals surface area contributed by atoms with Crippen LogP contribution >= 0.6 is 11.6 Å². The third-order valence-electron chi connectivity index (χ3n) is 4.24. The largest absolute Gasteiger partial charge is 0.353 e. The van der Waals surface area contributed by atoms with Crippen molar-refractivity contribution in [2.24, 2.45) is 5.92 Å². The molecular weight excluding hydrogens is 312 g/mol. The van der Waals surface area contributed by atoms with Crippen LogP contribution in [0.2, 0.25) is 5.02 Å². The van der Waals surface area contributed by atoms with Crippen molar-refractivity contribution >= 4 is 27.5 Å². The first kappa shape index (κ1) is 14.8. The Labute approximate surface area is 129 Å². The highest BCUT2D eigenvalue weighted by molar-refractivity contribution is 7.89. The van der Waals surface area contributed by atoms with E-state index in [0.717, 1.165) is 6.42 Å². The number of amides is 1. The van der Waals surface area contributed by atoms with E-state index in [2.05, 4.69) is 5.32 Å². The SMILES string of the molecule is O=C1CCC2CN(S(=O)(=O)c3ccc(Cl)cc3)CCC2N1. The molecule has 0 aliphatic carbocycles. The van der Waals surface area contributed by atoms with E-state index in [1.165, 1.54) is 16.4 Å². The van der Waals surface area contributed by atoms with Crippen LogP contribution in [0.4, 0.5) is 0 Å². The third kappa shape index (κ3) is 2.93. The second-order valence-electron chi connectivity index (χ2n) is 5.58. The molecule has 2 atom stereocenters. The highest BCUT2D eigenvalue weighted by Crippen LogP contribution is 2.29. The second-order valence-corrected chi connectivity index (χ2v) is 7.95.